The number of carbonyl (C=O) groups excluding carboxylic acids is 2. The summed E-state index contributed by atoms with van der Waals surface area (Å²) in [5.41, 5.74) is 0.205. The summed E-state index contributed by atoms with van der Waals surface area (Å²) in [5, 5.41) is 5.80. The number of piperidine rings is 1. The monoisotopic (exact) mass is 405 g/mol. The van der Waals surface area contributed by atoms with E-state index in [1.807, 2.05) is 33.8 Å². The van der Waals surface area contributed by atoms with Crippen molar-refractivity contribution in [2.24, 2.45) is 5.92 Å². The number of amides is 2. The second-order valence-corrected chi connectivity index (χ2v) is 8.60. The molecule has 3 rings (SSSR count). The topological polar surface area (TPSA) is 89.1 Å². The lowest BCUT2D eigenvalue weighted by Crippen LogP contribution is -2.47. The van der Waals surface area contributed by atoms with Gasteiger partial charge in [-0.25, -0.2) is 4.79 Å². The molecule has 160 valence electrons. The largest absolute Gasteiger partial charge is 0.454 e. The van der Waals surface area contributed by atoms with Crippen LogP contribution in [-0.2, 0) is 9.53 Å². The zero-order chi connectivity index (χ0) is 21.0. The standard InChI is InChI=1S/C21H31N3O5/c1-14(19(25)23-16-5-6-17-18(11-16)28-13-27-17)24-9-7-15(8-10-24)12-22-20(26)29-21(2,3)4/h5-6,11,14-15H,7-10,12-13H2,1-4H3,(H,22,26)(H,23,25). The molecule has 1 saturated heterocycles. The Labute approximate surface area is 171 Å². The first-order valence-electron chi connectivity index (χ1n) is 10.1. The lowest BCUT2D eigenvalue weighted by atomic mass is 9.96. The molecule has 0 spiro atoms. The molecule has 1 aromatic rings. The summed E-state index contributed by atoms with van der Waals surface area (Å²) in [6.45, 7) is 9.90. The molecule has 1 aromatic carbocycles. The van der Waals surface area contributed by atoms with E-state index in [9.17, 15) is 9.59 Å². The van der Waals surface area contributed by atoms with Crippen molar-refractivity contribution < 1.29 is 23.8 Å². The molecule has 2 aliphatic rings. The van der Waals surface area contributed by atoms with E-state index in [-0.39, 0.29) is 24.8 Å². The SMILES string of the molecule is CC(C(=O)Nc1ccc2c(c1)OCO2)N1CCC(CNC(=O)OC(C)(C)C)CC1. The van der Waals surface area contributed by atoms with Crippen LogP contribution in [0.4, 0.5) is 10.5 Å². The van der Waals surface area contributed by atoms with Gasteiger partial charge in [0.25, 0.3) is 0 Å². The number of fused-ring (bicyclic) bond motifs is 1. The van der Waals surface area contributed by atoms with E-state index in [2.05, 4.69) is 15.5 Å². The van der Waals surface area contributed by atoms with Crippen LogP contribution in [0.3, 0.4) is 0 Å². The molecule has 2 N–H and O–H groups in total. The van der Waals surface area contributed by atoms with Crippen LogP contribution in [0.15, 0.2) is 18.2 Å². The van der Waals surface area contributed by atoms with E-state index in [0.29, 0.717) is 29.6 Å². The fourth-order valence-corrected chi connectivity index (χ4v) is 3.47. The van der Waals surface area contributed by atoms with Gasteiger partial charge in [0.2, 0.25) is 12.7 Å². The lowest BCUT2D eigenvalue weighted by Gasteiger charge is -2.35. The third kappa shape index (κ3) is 6.00. The van der Waals surface area contributed by atoms with Crippen LogP contribution >= 0.6 is 0 Å². The summed E-state index contributed by atoms with van der Waals surface area (Å²) in [6, 6.07) is 5.15. The molecule has 2 amide bonds. The van der Waals surface area contributed by atoms with Gasteiger partial charge in [-0.05, 0) is 71.7 Å². The highest BCUT2D eigenvalue weighted by Gasteiger charge is 2.27. The smallest absolute Gasteiger partial charge is 0.407 e. The highest BCUT2D eigenvalue weighted by atomic mass is 16.7. The van der Waals surface area contributed by atoms with Gasteiger partial charge in [0.05, 0.1) is 6.04 Å². The highest BCUT2D eigenvalue weighted by molar-refractivity contribution is 5.94. The number of likely N-dealkylation sites (tertiary alicyclic amines) is 1. The first-order valence-corrected chi connectivity index (χ1v) is 10.1. The molecule has 29 heavy (non-hydrogen) atoms. The minimum atomic E-state index is -0.492. The van der Waals surface area contributed by atoms with Gasteiger partial charge >= 0.3 is 6.09 Å². The van der Waals surface area contributed by atoms with Crippen LogP contribution in [0.1, 0.15) is 40.5 Å². The van der Waals surface area contributed by atoms with E-state index in [1.54, 1.807) is 12.1 Å². The van der Waals surface area contributed by atoms with Crippen molar-refractivity contribution in [2.45, 2.75) is 52.2 Å². The molecular formula is C21H31N3O5. The van der Waals surface area contributed by atoms with Crippen molar-refractivity contribution in [2.75, 3.05) is 31.7 Å². The zero-order valence-electron chi connectivity index (χ0n) is 17.6. The number of nitrogens with one attached hydrogen (secondary N) is 2. The van der Waals surface area contributed by atoms with Gasteiger partial charge in [0.1, 0.15) is 5.60 Å². The van der Waals surface area contributed by atoms with Crippen molar-refractivity contribution in [1.82, 2.24) is 10.2 Å². The van der Waals surface area contributed by atoms with Crippen LogP contribution in [0.5, 0.6) is 11.5 Å². The zero-order valence-corrected chi connectivity index (χ0v) is 17.6. The molecule has 8 heteroatoms. The van der Waals surface area contributed by atoms with Crippen LogP contribution in [-0.4, -0.2) is 55.0 Å². The number of carbonyl (C=O) groups is 2. The number of ether oxygens (including phenoxy) is 3. The molecule has 0 radical (unpaired) electrons. The molecular weight excluding hydrogens is 374 g/mol. The van der Waals surface area contributed by atoms with Crippen molar-refractivity contribution in [3.63, 3.8) is 0 Å². The lowest BCUT2D eigenvalue weighted by molar-refractivity contribution is -0.121. The maximum Gasteiger partial charge on any atom is 0.407 e. The molecule has 0 saturated carbocycles. The van der Waals surface area contributed by atoms with Gasteiger partial charge in [0.15, 0.2) is 11.5 Å². The summed E-state index contributed by atoms with van der Waals surface area (Å²) >= 11 is 0. The Morgan fingerprint density at radius 2 is 1.90 bits per heavy atom. The number of benzene rings is 1. The summed E-state index contributed by atoms with van der Waals surface area (Å²) in [6.07, 6.45) is 1.48. The van der Waals surface area contributed by atoms with Crippen molar-refractivity contribution in [1.29, 1.82) is 0 Å². The summed E-state index contributed by atoms with van der Waals surface area (Å²) in [4.78, 5) is 26.6. The molecule has 1 atom stereocenters. The Kier molecular flexibility index (Phi) is 6.52. The average molecular weight is 405 g/mol. The van der Waals surface area contributed by atoms with Crippen molar-refractivity contribution in [3.05, 3.63) is 18.2 Å². The summed E-state index contributed by atoms with van der Waals surface area (Å²) in [7, 11) is 0. The van der Waals surface area contributed by atoms with E-state index < -0.39 is 5.60 Å². The summed E-state index contributed by atoms with van der Waals surface area (Å²) < 4.78 is 15.9. The fourth-order valence-electron chi connectivity index (χ4n) is 3.47. The maximum atomic E-state index is 12.6. The Morgan fingerprint density at radius 3 is 2.59 bits per heavy atom. The normalized spacial score (nSPS) is 18.2. The number of anilines is 1. The molecule has 0 aromatic heterocycles. The first kappa shape index (κ1) is 21.2. The van der Waals surface area contributed by atoms with Crippen LogP contribution in [0.2, 0.25) is 0 Å². The Morgan fingerprint density at radius 1 is 1.21 bits per heavy atom. The molecule has 1 unspecified atom stereocenters. The van der Waals surface area contributed by atoms with Crippen LogP contribution < -0.4 is 20.1 Å². The molecule has 2 aliphatic heterocycles. The average Bonchev–Trinajstić information content (AvgIpc) is 3.12. The predicted octanol–water partition coefficient (Wildman–Crippen LogP) is 2.98. The Balaban J connectivity index is 1.42. The van der Waals surface area contributed by atoms with Gasteiger partial charge < -0.3 is 24.8 Å². The second kappa shape index (κ2) is 8.90. The number of alkyl carbamates (subject to hydrolysis) is 1. The fraction of sp³-hybridized carbons (Fsp3) is 0.619. The number of hydrogen-bond acceptors (Lipinski definition) is 6. The van der Waals surface area contributed by atoms with E-state index >= 15 is 0 Å². The highest BCUT2D eigenvalue weighted by Crippen LogP contribution is 2.34. The Bertz CT molecular complexity index is 738. The van der Waals surface area contributed by atoms with E-state index in [4.69, 9.17) is 14.2 Å². The van der Waals surface area contributed by atoms with E-state index in [0.717, 1.165) is 25.9 Å². The van der Waals surface area contributed by atoms with Crippen molar-refractivity contribution >= 4 is 17.7 Å². The minimum Gasteiger partial charge on any atom is -0.454 e. The van der Waals surface area contributed by atoms with E-state index in [1.165, 1.54) is 0 Å². The van der Waals surface area contributed by atoms with Crippen LogP contribution in [0.25, 0.3) is 0 Å². The minimum absolute atomic E-state index is 0.0470. The maximum absolute atomic E-state index is 12.6. The first-order chi connectivity index (χ1) is 13.7. The van der Waals surface area contributed by atoms with Crippen molar-refractivity contribution in [3.8, 4) is 11.5 Å². The van der Waals surface area contributed by atoms with Gasteiger partial charge in [-0.1, -0.05) is 0 Å². The van der Waals surface area contributed by atoms with Crippen LogP contribution in [0, 0.1) is 5.92 Å². The number of nitrogens with zero attached hydrogens (tertiary/aromatic N) is 1. The molecule has 8 nitrogen and oxygen atoms in total. The number of hydrogen-bond donors (Lipinski definition) is 2. The van der Waals surface area contributed by atoms with Gasteiger partial charge in [-0.3, -0.25) is 9.69 Å². The van der Waals surface area contributed by atoms with Gasteiger partial charge in [-0.15, -0.1) is 0 Å². The quantitative estimate of drug-likeness (QED) is 0.783. The second-order valence-electron chi connectivity index (χ2n) is 8.60. The summed E-state index contributed by atoms with van der Waals surface area (Å²) in [5.74, 6) is 1.68. The molecule has 2 heterocycles. The molecule has 1 fully saturated rings. The number of rotatable bonds is 5. The third-order valence-corrected chi connectivity index (χ3v) is 5.15. The van der Waals surface area contributed by atoms with Gasteiger partial charge in [-0.2, -0.15) is 0 Å². The Hall–Kier alpha value is -2.48. The van der Waals surface area contributed by atoms with Gasteiger partial charge in [0, 0.05) is 18.3 Å². The molecule has 0 bridgehead atoms. The third-order valence-electron chi connectivity index (χ3n) is 5.15. The molecule has 0 aliphatic carbocycles. The predicted molar refractivity (Wildman–Crippen MR) is 109 cm³/mol.